The maximum atomic E-state index is 10.8. The van der Waals surface area contributed by atoms with Crippen LogP contribution >= 0.6 is 0 Å². The monoisotopic (exact) mass is 501 g/mol. The zero-order valence-electron chi connectivity index (χ0n) is 20.5. The third-order valence-corrected chi connectivity index (χ3v) is 5.06. The van der Waals surface area contributed by atoms with E-state index >= 15 is 0 Å². The van der Waals surface area contributed by atoms with Crippen molar-refractivity contribution in [3.63, 3.8) is 0 Å². The van der Waals surface area contributed by atoms with Crippen LogP contribution in [0.5, 0.6) is 0 Å². The van der Waals surface area contributed by atoms with Crippen molar-refractivity contribution in [2.24, 2.45) is 0 Å². The van der Waals surface area contributed by atoms with Crippen LogP contribution in [0.4, 0.5) is 0 Å². The highest BCUT2D eigenvalue weighted by atomic mass is 16.7. The molecule has 9 nitrogen and oxygen atoms in total. The minimum Gasteiger partial charge on any atom is -0.419 e. The maximum absolute atomic E-state index is 10.8. The number of hydrogen-bond donors (Lipinski definition) is 0. The van der Waals surface area contributed by atoms with E-state index < -0.39 is 17.7 Å². The molecule has 0 unspecified atom stereocenters. The smallest absolute Gasteiger partial charge is 0.419 e. The Balaban J connectivity index is 0.000000227. The Kier molecular flexibility index (Phi) is 9.04. The average Bonchev–Trinajstić information content (AvgIpc) is 2.88. The molecule has 0 radical (unpaired) electrons. The summed E-state index contributed by atoms with van der Waals surface area (Å²) in [7, 11) is 0. The molecule has 2 aromatic carbocycles. The third kappa shape index (κ3) is 6.38. The molecule has 0 spiro atoms. The van der Waals surface area contributed by atoms with E-state index in [0.717, 1.165) is 28.1 Å². The lowest BCUT2D eigenvalue weighted by Gasteiger charge is -2.29. The molecule has 2 aliphatic rings. The van der Waals surface area contributed by atoms with Gasteiger partial charge in [0.15, 0.2) is 6.20 Å². The molecule has 184 valence electrons. The van der Waals surface area contributed by atoms with E-state index in [2.05, 4.69) is 55.4 Å². The largest absolute Gasteiger partial charge is 0.527 e. The molecule has 0 amide bonds. The van der Waals surface area contributed by atoms with Crippen molar-refractivity contribution in [2.45, 2.75) is 26.1 Å². The first kappa shape index (κ1) is 28.3. The first-order valence-electron chi connectivity index (χ1n) is 10.7. The Morgan fingerprint density at radius 2 is 1.55 bits per heavy atom. The van der Waals surface area contributed by atoms with Gasteiger partial charge in [-0.2, -0.15) is 20.2 Å². The molecule has 0 aromatic heterocycles. The van der Waals surface area contributed by atoms with Crippen LogP contribution in [0.2, 0.25) is 0 Å². The van der Waals surface area contributed by atoms with Crippen LogP contribution < -0.4 is 0 Å². The lowest BCUT2D eigenvalue weighted by molar-refractivity contribution is -0.222. The molecule has 1 fully saturated rings. The summed E-state index contributed by atoms with van der Waals surface area (Å²) in [4.78, 5) is 31.0. The second kappa shape index (κ2) is 12.1. The zero-order valence-corrected chi connectivity index (χ0v) is 20.5. The van der Waals surface area contributed by atoms with Gasteiger partial charge < -0.3 is 9.47 Å². The topological polar surface area (TPSA) is 113 Å². The highest BCUT2D eigenvalue weighted by Gasteiger charge is 2.37. The van der Waals surface area contributed by atoms with Crippen LogP contribution in [0.3, 0.4) is 0 Å². The normalized spacial score (nSPS) is 14.1. The van der Waals surface area contributed by atoms with Crippen molar-refractivity contribution in [2.75, 3.05) is 0 Å². The standard InChI is InChI=1S/C17H10N2.C7H8O4.C5HN3/c1-11-10-13-8-4-6-12-7-5-9-14(16(12)13)15(11)17(18-2)19-3;1-4-5(8)10-7(2,3)11-6(4)9;1-8-4-5(2-6)3-7/h4-9H,1,10H2;1H2,2-3H3;4H. The number of esters is 2. The molecule has 38 heavy (non-hydrogen) atoms. The molecule has 4 rings (SSSR count). The Bertz CT molecular complexity index is 1580. The molecule has 0 N–H and O–H groups in total. The number of rotatable bonds is 0. The Hall–Kier alpha value is -5.95. The van der Waals surface area contributed by atoms with Gasteiger partial charge in [-0.3, -0.25) is 0 Å². The van der Waals surface area contributed by atoms with Gasteiger partial charge in [-0.15, -0.1) is 0 Å². The molecular formula is C29H19N5O4. The van der Waals surface area contributed by atoms with Gasteiger partial charge in [0.05, 0.1) is 24.3 Å². The number of carbonyl (C=O) groups is 2. The first-order valence-corrected chi connectivity index (χ1v) is 10.7. The highest BCUT2D eigenvalue weighted by molar-refractivity contribution is 6.14. The fourth-order valence-corrected chi connectivity index (χ4v) is 3.52. The number of ether oxygens (including phenoxy) is 2. The molecular weight excluding hydrogens is 482 g/mol. The molecule has 0 saturated carbocycles. The summed E-state index contributed by atoms with van der Waals surface area (Å²) in [5, 5.41) is 18.2. The number of cyclic esters (lactones) is 2. The fraction of sp³-hybridized carbons (Fsp3) is 0.138. The van der Waals surface area contributed by atoms with Gasteiger partial charge >= 0.3 is 17.8 Å². The Morgan fingerprint density at radius 3 is 2.03 bits per heavy atom. The van der Waals surface area contributed by atoms with Crippen molar-refractivity contribution < 1.29 is 19.1 Å². The van der Waals surface area contributed by atoms with E-state index in [1.54, 1.807) is 0 Å². The van der Waals surface area contributed by atoms with E-state index in [-0.39, 0.29) is 17.0 Å². The number of carbonyl (C=O) groups excluding carboxylic acids is 2. The van der Waals surface area contributed by atoms with Crippen LogP contribution in [-0.2, 0) is 25.5 Å². The second-order valence-corrected chi connectivity index (χ2v) is 8.08. The van der Waals surface area contributed by atoms with Crippen LogP contribution in [0.15, 0.2) is 78.3 Å². The summed E-state index contributed by atoms with van der Waals surface area (Å²) in [5.74, 6) is -2.47. The molecule has 9 heteroatoms. The summed E-state index contributed by atoms with van der Waals surface area (Å²) < 4.78 is 9.35. The molecule has 1 aliphatic heterocycles. The quantitative estimate of drug-likeness (QED) is 0.151. The van der Waals surface area contributed by atoms with Crippen molar-refractivity contribution in [1.82, 2.24) is 0 Å². The van der Waals surface area contributed by atoms with E-state index in [0.29, 0.717) is 12.0 Å². The van der Waals surface area contributed by atoms with Gasteiger partial charge in [-0.25, -0.2) is 14.4 Å². The number of hydrogen-bond acceptors (Lipinski definition) is 6. The number of benzene rings is 2. The lowest BCUT2D eigenvalue weighted by Crippen LogP contribution is -2.41. The van der Waals surface area contributed by atoms with E-state index in [9.17, 15) is 9.59 Å². The van der Waals surface area contributed by atoms with Gasteiger partial charge in [0.2, 0.25) is 0 Å². The highest BCUT2D eigenvalue weighted by Crippen LogP contribution is 2.40. The number of nitriles is 2. The first-order chi connectivity index (χ1) is 18.0. The van der Waals surface area contributed by atoms with Gasteiger partial charge in [0.25, 0.3) is 5.79 Å². The molecule has 1 heterocycles. The summed E-state index contributed by atoms with van der Waals surface area (Å²) in [6, 6.07) is 15.3. The van der Waals surface area contributed by atoms with Gasteiger partial charge in [0.1, 0.15) is 24.3 Å². The summed E-state index contributed by atoms with van der Waals surface area (Å²) in [6.45, 7) is 30.7. The van der Waals surface area contributed by atoms with E-state index in [4.69, 9.17) is 30.2 Å². The summed E-state index contributed by atoms with van der Waals surface area (Å²) in [6.07, 6.45) is 1.60. The second-order valence-electron chi connectivity index (χ2n) is 8.08. The summed E-state index contributed by atoms with van der Waals surface area (Å²) >= 11 is 0. The maximum Gasteiger partial charge on any atom is 0.527 e. The van der Waals surface area contributed by atoms with Crippen molar-refractivity contribution in [1.29, 1.82) is 10.5 Å². The van der Waals surface area contributed by atoms with Gasteiger partial charge in [0, 0.05) is 13.8 Å². The predicted octanol–water partition coefficient (Wildman–Crippen LogP) is 5.67. The average molecular weight is 502 g/mol. The van der Waals surface area contributed by atoms with E-state index in [1.165, 1.54) is 31.5 Å². The molecule has 1 aliphatic carbocycles. The molecule has 0 bridgehead atoms. The fourth-order valence-electron chi connectivity index (χ4n) is 3.52. The van der Waals surface area contributed by atoms with Crippen LogP contribution in [-0.4, -0.2) is 17.7 Å². The minimum absolute atomic E-state index is 0.118. The van der Waals surface area contributed by atoms with Gasteiger partial charge in [-0.1, -0.05) is 49.6 Å². The molecule has 1 saturated heterocycles. The number of nitrogens with zero attached hydrogens (tertiary/aromatic N) is 5. The zero-order chi connectivity index (χ0) is 28.5. The van der Waals surface area contributed by atoms with Crippen LogP contribution in [0, 0.1) is 42.4 Å². The van der Waals surface area contributed by atoms with Crippen LogP contribution in [0.25, 0.3) is 30.9 Å². The lowest BCUT2D eigenvalue weighted by atomic mass is 9.82. The summed E-state index contributed by atoms with van der Waals surface area (Å²) in [5.41, 5.74) is 3.34. The molecule has 2 aromatic rings. The Morgan fingerprint density at radius 1 is 1.00 bits per heavy atom. The SMILES string of the molecule is C=C1C(=O)OC(C)(C)OC1=O.[C-]#[N+]C([N+]#[C-])=C1C(=C)Cc2cccc3cccc1c23.[C-]#[N+]C=C(C#N)C#N. The van der Waals surface area contributed by atoms with Crippen molar-refractivity contribution in [3.05, 3.63) is 124 Å². The molecule has 0 atom stereocenters. The predicted molar refractivity (Wildman–Crippen MR) is 138 cm³/mol. The van der Waals surface area contributed by atoms with Crippen molar-refractivity contribution in [3.8, 4) is 12.1 Å². The van der Waals surface area contributed by atoms with Gasteiger partial charge in [-0.05, 0) is 33.9 Å². The Labute approximate surface area is 219 Å². The third-order valence-electron chi connectivity index (χ3n) is 5.06. The van der Waals surface area contributed by atoms with Crippen LogP contribution in [0.1, 0.15) is 25.0 Å². The number of allylic oxidation sites excluding steroid dienone is 3. The minimum atomic E-state index is -1.16. The van der Waals surface area contributed by atoms with E-state index in [1.807, 2.05) is 18.2 Å². The van der Waals surface area contributed by atoms with Crippen molar-refractivity contribution >= 4 is 28.3 Å².